The molecular formula is C17H20N2OS. The smallest absolute Gasteiger partial charge is 0.173 e. The molecule has 0 aliphatic rings. The molecule has 0 bridgehead atoms. The van der Waals surface area contributed by atoms with Crippen LogP contribution in [0.15, 0.2) is 54.6 Å². The van der Waals surface area contributed by atoms with E-state index in [4.69, 9.17) is 17.0 Å². The number of hydrogen-bond donors (Lipinski definition) is 1. The molecule has 2 aromatic rings. The van der Waals surface area contributed by atoms with Crippen LogP contribution >= 0.6 is 12.2 Å². The molecule has 0 fully saturated rings. The van der Waals surface area contributed by atoms with E-state index in [1.165, 1.54) is 5.56 Å². The Labute approximate surface area is 131 Å². The van der Waals surface area contributed by atoms with Gasteiger partial charge in [-0.15, -0.1) is 0 Å². The molecule has 3 nitrogen and oxygen atoms in total. The highest BCUT2D eigenvalue weighted by Gasteiger charge is 2.10. The van der Waals surface area contributed by atoms with Gasteiger partial charge in [-0.2, -0.15) is 0 Å². The Balaban J connectivity index is 2.06. The highest BCUT2D eigenvalue weighted by atomic mass is 32.1. The van der Waals surface area contributed by atoms with E-state index in [9.17, 15) is 0 Å². The number of nitrogens with zero attached hydrogens (tertiary/aromatic N) is 1. The third-order valence-corrected chi connectivity index (χ3v) is 3.59. The van der Waals surface area contributed by atoms with Gasteiger partial charge in [0.1, 0.15) is 5.75 Å². The van der Waals surface area contributed by atoms with Crippen molar-refractivity contribution in [1.29, 1.82) is 0 Å². The molecule has 0 aliphatic heterocycles. The standard InChI is InChI=1S/C17H20N2OS/c1-3-19(13-14-9-5-4-6-10-14)17(21)18-15-11-7-8-12-16(15)20-2/h4-12H,3,13H2,1-2H3,(H,18,21). The lowest BCUT2D eigenvalue weighted by atomic mass is 10.2. The van der Waals surface area contributed by atoms with E-state index in [0.29, 0.717) is 5.11 Å². The van der Waals surface area contributed by atoms with Crippen molar-refractivity contribution in [3.63, 3.8) is 0 Å². The first-order valence-corrected chi connectivity index (χ1v) is 7.38. The Morgan fingerprint density at radius 1 is 1.10 bits per heavy atom. The van der Waals surface area contributed by atoms with Crippen LogP contribution in [0.5, 0.6) is 5.75 Å². The normalized spacial score (nSPS) is 10.0. The summed E-state index contributed by atoms with van der Waals surface area (Å²) in [4.78, 5) is 2.12. The number of anilines is 1. The molecule has 0 aliphatic carbocycles. The predicted molar refractivity (Wildman–Crippen MR) is 91.7 cm³/mol. The molecule has 110 valence electrons. The van der Waals surface area contributed by atoms with Gasteiger partial charge in [0.25, 0.3) is 0 Å². The summed E-state index contributed by atoms with van der Waals surface area (Å²) in [5, 5.41) is 3.96. The Hall–Kier alpha value is -2.07. The summed E-state index contributed by atoms with van der Waals surface area (Å²) in [7, 11) is 1.66. The van der Waals surface area contributed by atoms with Crippen LogP contribution in [0.25, 0.3) is 0 Å². The fraction of sp³-hybridized carbons (Fsp3) is 0.235. The summed E-state index contributed by atoms with van der Waals surface area (Å²) in [6.07, 6.45) is 0. The second-order valence-electron chi connectivity index (χ2n) is 4.63. The number of thiocarbonyl (C=S) groups is 1. The van der Waals surface area contributed by atoms with Crippen LogP contribution in [-0.2, 0) is 6.54 Å². The number of ether oxygens (including phenoxy) is 1. The highest BCUT2D eigenvalue weighted by molar-refractivity contribution is 7.80. The zero-order valence-corrected chi connectivity index (χ0v) is 13.2. The molecule has 2 rings (SSSR count). The maximum absolute atomic E-state index is 5.52. The van der Waals surface area contributed by atoms with Gasteiger partial charge in [-0.05, 0) is 36.8 Å². The highest BCUT2D eigenvalue weighted by Crippen LogP contribution is 2.23. The number of rotatable bonds is 5. The van der Waals surface area contributed by atoms with E-state index in [1.807, 2.05) is 42.5 Å². The van der Waals surface area contributed by atoms with Crippen molar-refractivity contribution in [1.82, 2.24) is 4.90 Å². The number of para-hydroxylation sites is 2. The molecule has 0 saturated heterocycles. The van der Waals surface area contributed by atoms with Crippen molar-refractivity contribution < 1.29 is 4.74 Å². The van der Waals surface area contributed by atoms with Crippen LogP contribution in [-0.4, -0.2) is 23.7 Å². The van der Waals surface area contributed by atoms with Crippen LogP contribution in [0.1, 0.15) is 12.5 Å². The summed E-state index contributed by atoms with van der Waals surface area (Å²) >= 11 is 5.52. The minimum atomic E-state index is 0.700. The van der Waals surface area contributed by atoms with Crippen LogP contribution in [0.4, 0.5) is 5.69 Å². The Morgan fingerprint density at radius 3 is 2.43 bits per heavy atom. The van der Waals surface area contributed by atoms with Crippen molar-refractivity contribution in [3.05, 3.63) is 60.2 Å². The molecule has 0 aromatic heterocycles. The van der Waals surface area contributed by atoms with Crippen LogP contribution in [0, 0.1) is 0 Å². The molecule has 1 N–H and O–H groups in total. The molecule has 0 heterocycles. The van der Waals surface area contributed by atoms with Crippen molar-refractivity contribution in [2.75, 3.05) is 19.0 Å². The van der Waals surface area contributed by atoms with Crippen molar-refractivity contribution in [2.45, 2.75) is 13.5 Å². The van der Waals surface area contributed by atoms with Gasteiger partial charge in [-0.3, -0.25) is 0 Å². The summed E-state index contributed by atoms with van der Waals surface area (Å²) in [5.74, 6) is 0.788. The molecule has 21 heavy (non-hydrogen) atoms. The first kappa shape index (κ1) is 15.3. The van der Waals surface area contributed by atoms with Crippen LogP contribution in [0.2, 0.25) is 0 Å². The van der Waals surface area contributed by atoms with Gasteiger partial charge in [-0.25, -0.2) is 0 Å². The first-order valence-electron chi connectivity index (χ1n) is 6.97. The second-order valence-corrected chi connectivity index (χ2v) is 5.02. The Bertz CT molecular complexity index is 586. The monoisotopic (exact) mass is 300 g/mol. The maximum atomic E-state index is 5.52. The predicted octanol–water partition coefficient (Wildman–Crippen LogP) is 3.91. The number of benzene rings is 2. The first-order chi connectivity index (χ1) is 10.2. The summed E-state index contributed by atoms with van der Waals surface area (Å²) in [6, 6.07) is 18.1. The van der Waals surface area contributed by atoms with Gasteiger partial charge >= 0.3 is 0 Å². The zero-order chi connectivity index (χ0) is 15.1. The molecule has 0 atom stereocenters. The lowest BCUT2D eigenvalue weighted by molar-refractivity contribution is 0.416. The van der Waals surface area contributed by atoms with E-state index >= 15 is 0 Å². The van der Waals surface area contributed by atoms with Crippen molar-refractivity contribution in [2.24, 2.45) is 0 Å². The molecule has 0 saturated carbocycles. The molecule has 0 unspecified atom stereocenters. The Kier molecular flexibility index (Phi) is 5.58. The lowest BCUT2D eigenvalue weighted by Gasteiger charge is -2.25. The zero-order valence-electron chi connectivity index (χ0n) is 12.4. The van der Waals surface area contributed by atoms with Crippen LogP contribution in [0.3, 0.4) is 0 Å². The minimum absolute atomic E-state index is 0.700. The van der Waals surface area contributed by atoms with E-state index in [1.54, 1.807) is 7.11 Å². The van der Waals surface area contributed by atoms with Crippen molar-refractivity contribution in [3.8, 4) is 5.75 Å². The van der Waals surface area contributed by atoms with Gasteiger partial charge < -0.3 is 15.0 Å². The molecule has 0 radical (unpaired) electrons. The summed E-state index contributed by atoms with van der Waals surface area (Å²) in [5.41, 5.74) is 2.13. The van der Waals surface area contributed by atoms with Crippen LogP contribution < -0.4 is 10.1 Å². The van der Waals surface area contributed by atoms with E-state index in [0.717, 1.165) is 24.5 Å². The molecule has 4 heteroatoms. The number of hydrogen-bond acceptors (Lipinski definition) is 2. The quantitative estimate of drug-likeness (QED) is 0.846. The van der Waals surface area contributed by atoms with Gasteiger partial charge in [0.05, 0.1) is 12.8 Å². The third-order valence-electron chi connectivity index (χ3n) is 3.23. The van der Waals surface area contributed by atoms with Gasteiger partial charge in [0, 0.05) is 13.1 Å². The molecular weight excluding hydrogens is 280 g/mol. The van der Waals surface area contributed by atoms with Gasteiger partial charge in [0.2, 0.25) is 0 Å². The van der Waals surface area contributed by atoms with E-state index in [2.05, 4.69) is 29.3 Å². The van der Waals surface area contributed by atoms with E-state index in [-0.39, 0.29) is 0 Å². The molecule has 0 spiro atoms. The lowest BCUT2D eigenvalue weighted by Crippen LogP contribution is -2.34. The minimum Gasteiger partial charge on any atom is -0.495 e. The maximum Gasteiger partial charge on any atom is 0.173 e. The van der Waals surface area contributed by atoms with Crippen molar-refractivity contribution >= 4 is 23.0 Å². The summed E-state index contributed by atoms with van der Waals surface area (Å²) in [6.45, 7) is 3.73. The number of nitrogens with one attached hydrogen (secondary N) is 1. The van der Waals surface area contributed by atoms with Gasteiger partial charge in [0.15, 0.2) is 5.11 Å². The molecule has 0 amide bonds. The fourth-order valence-corrected chi connectivity index (χ4v) is 2.38. The van der Waals surface area contributed by atoms with Gasteiger partial charge in [-0.1, -0.05) is 42.5 Å². The average molecular weight is 300 g/mol. The number of methoxy groups -OCH3 is 1. The SMILES string of the molecule is CCN(Cc1ccccc1)C(=S)Nc1ccccc1OC. The third kappa shape index (κ3) is 4.20. The Morgan fingerprint density at radius 2 is 1.76 bits per heavy atom. The topological polar surface area (TPSA) is 24.5 Å². The second kappa shape index (κ2) is 7.64. The largest absolute Gasteiger partial charge is 0.495 e. The van der Waals surface area contributed by atoms with E-state index < -0.39 is 0 Å². The molecule has 2 aromatic carbocycles. The summed E-state index contributed by atoms with van der Waals surface area (Å²) < 4.78 is 5.34. The fourth-order valence-electron chi connectivity index (χ4n) is 2.07. The average Bonchev–Trinajstić information content (AvgIpc) is 2.54.